The standard InChI is InChI=1S/C22H28ClF2N4O8P/c1-12(2)35-19(31)13(3)28-38(33,37-14-7-5-4-6-8-14)34-11-22(20(24)25)9-16(30)18(36-22)29-10-15(23)17(26)27-21(29)32/h4-8,10,12-13,16,18,20,30H,9,11H2,1-3H3,(H,28,33)(H2,26,27,32). The van der Waals surface area contributed by atoms with E-state index in [4.69, 9.17) is 35.9 Å². The lowest BCUT2D eigenvalue weighted by atomic mass is 10.0. The molecule has 0 aliphatic carbocycles. The van der Waals surface area contributed by atoms with Crippen molar-refractivity contribution in [3.8, 4) is 5.75 Å². The number of nitrogens with zero attached hydrogens (tertiary/aromatic N) is 2. The summed E-state index contributed by atoms with van der Waals surface area (Å²) in [5, 5.41) is 12.7. The Morgan fingerprint density at radius 3 is 2.63 bits per heavy atom. The summed E-state index contributed by atoms with van der Waals surface area (Å²) in [6.07, 6.45) is -6.74. The van der Waals surface area contributed by atoms with Gasteiger partial charge in [0.25, 0.3) is 6.43 Å². The van der Waals surface area contributed by atoms with Crippen LogP contribution in [0, 0.1) is 0 Å². The number of hydrogen-bond acceptors (Lipinski definition) is 10. The van der Waals surface area contributed by atoms with Crippen molar-refractivity contribution in [3.05, 3.63) is 52.0 Å². The van der Waals surface area contributed by atoms with E-state index in [1.54, 1.807) is 32.0 Å². The van der Waals surface area contributed by atoms with E-state index >= 15 is 0 Å². The second-order valence-corrected chi connectivity index (χ2v) is 10.9. The van der Waals surface area contributed by atoms with Crippen molar-refractivity contribution in [1.29, 1.82) is 0 Å². The first kappa shape index (κ1) is 29.9. The maximum Gasteiger partial charge on any atom is 0.459 e. The zero-order chi connectivity index (χ0) is 28.3. The molecule has 2 aromatic rings. The molecule has 3 rings (SSSR count). The number of anilines is 1. The molecule has 1 fully saturated rings. The van der Waals surface area contributed by atoms with Crippen molar-refractivity contribution in [3.63, 3.8) is 0 Å². The van der Waals surface area contributed by atoms with Crippen LogP contribution >= 0.6 is 19.3 Å². The summed E-state index contributed by atoms with van der Waals surface area (Å²) in [4.78, 5) is 28.0. The van der Waals surface area contributed by atoms with Crippen LogP contribution in [0.25, 0.3) is 0 Å². The Kier molecular flexibility index (Phi) is 9.50. The molecule has 38 heavy (non-hydrogen) atoms. The number of hydrogen-bond donors (Lipinski definition) is 3. The van der Waals surface area contributed by atoms with Crippen LogP contribution in [0.3, 0.4) is 0 Å². The minimum absolute atomic E-state index is 0.0539. The number of benzene rings is 1. The summed E-state index contributed by atoms with van der Waals surface area (Å²) in [5.74, 6) is -1.03. The summed E-state index contributed by atoms with van der Waals surface area (Å²) in [5.41, 5.74) is 1.95. The van der Waals surface area contributed by atoms with Gasteiger partial charge < -0.3 is 24.8 Å². The van der Waals surface area contributed by atoms with E-state index in [2.05, 4.69) is 10.1 Å². The molecule has 5 unspecified atom stereocenters. The Labute approximate surface area is 221 Å². The molecular weight excluding hydrogens is 553 g/mol. The molecule has 1 aliphatic heterocycles. The highest BCUT2D eigenvalue weighted by atomic mass is 35.5. The Hall–Kier alpha value is -2.61. The van der Waals surface area contributed by atoms with Gasteiger partial charge in [-0.2, -0.15) is 10.1 Å². The van der Waals surface area contributed by atoms with E-state index in [1.165, 1.54) is 19.1 Å². The first-order valence-corrected chi connectivity index (χ1v) is 13.3. The number of nitrogens with one attached hydrogen (secondary N) is 1. The highest BCUT2D eigenvalue weighted by Crippen LogP contribution is 2.49. The molecule has 0 radical (unpaired) electrons. The van der Waals surface area contributed by atoms with Crippen molar-refractivity contribution < 1.29 is 41.8 Å². The van der Waals surface area contributed by atoms with E-state index in [-0.39, 0.29) is 16.6 Å². The summed E-state index contributed by atoms with van der Waals surface area (Å²) in [6.45, 7) is 3.49. The van der Waals surface area contributed by atoms with Crippen LogP contribution in [0.2, 0.25) is 5.02 Å². The van der Waals surface area contributed by atoms with Crippen LogP contribution in [0.1, 0.15) is 33.4 Å². The monoisotopic (exact) mass is 580 g/mol. The molecule has 1 aromatic carbocycles. The zero-order valence-electron chi connectivity index (χ0n) is 20.6. The third kappa shape index (κ3) is 7.07. The largest absolute Gasteiger partial charge is 0.462 e. The first-order chi connectivity index (χ1) is 17.7. The van der Waals surface area contributed by atoms with Crippen molar-refractivity contribution >= 4 is 31.1 Å². The van der Waals surface area contributed by atoms with Gasteiger partial charge in [-0.15, -0.1) is 0 Å². The molecule has 5 atom stereocenters. The van der Waals surface area contributed by atoms with Crippen LogP contribution in [-0.2, 0) is 23.4 Å². The molecular formula is C22H28ClF2N4O8P. The van der Waals surface area contributed by atoms with E-state index < -0.39 is 68.9 Å². The van der Waals surface area contributed by atoms with Gasteiger partial charge in [-0.05, 0) is 32.9 Å². The number of carbonyl (C=O) groups is 1. The topological polar surface area (TPSA) is 164 Å². The summed E-state index contributed by atoms with van der Waals surface area (Å²) < 4.78 is 64.4. The number of aliphatic hydroxyl groups excluding tert-OH is 1. The molecule has 16 heteroatoms. The number of rotatable bonds is 11. The number of esters is 1. The molecule has 1 saturated heterocycles. The normalized spacial score (nSPS) is 23.8. The van der Waals surface area contributed by atoms with Gasteiger partial charge in [0, 0.05) is 12.6 Å². The number of para-hydroxylation sites is 1. The lowest BCUT2D eigenvalue weighted by molar-refractivity contribution is -0.170. The van der Waals surface area contributed by atoms with E-state index in [0.29, 0.717) is 0 Å². The van der Waals surface area contributed by atoms with Gasteiger partial charge in [0.15, 0.2) is 11.8 Å². The van der Waals surface area contributed by atoms with Gasteiger partial charge >= 0.3 is 19.4 Å². The third-order valence-electron chi connectivity index (χ3n) is 5.35. The summed E-state index contributed by atoms with van der Waals surface area (Å²) in [6, 6.07) is 6.46. The minimum atomic E-state index is -4.53. The molecule has 0 amide bonds. The molecule has 0 saturated carbocycles. The van der Waals surface area contributed by atoms with Crippen molar-refractivity contribution in [2.45, 2.75) is 63.7 Å². The smallest absolute Gasteiger partial charge is 0.459 e. The minimum Gasteiger partial charge on any atom is -0.462 e. The average molecular weight is 581 g/mol. The number of carbonyl (C=O) groups excluding carboxylic acids is 1. The molecule has 1 aliphatic rings. The number of halogens is 3. The van der Waals surface area contributed by atoms with E-state index in [9.17, 15) is 28.0 Å². The van der Waals surface area contributed by atoms with Crippen molar-refractivity contribution in [2.24, 2.45) is 0 Å². The Morgan fingerprint density at radius 2 is 2.03 bits per heavy atom. The number of nitrogens with two attached hydrogens (primary N) is 1. The molecule has 1 aromatic heterocycles. The third-order valence-corrected chi connectivity index (χ3v) is 7.26. The van der Waals surface area contributed by atoms with Crippen LogP contribution in [0.4, 0.5) is 14.6 Å². The first-order valence-electron chi connectivity index (χ1n) is 11.4. The van der Waals surface area contributed by atoms with Crippen molar-refractivity contribution in [1.82, 2.24) is 14.6 Å². The molecule has 210 valence electrons. The fourth-order valence-corrected chi connectivity index (χ4v) is 5.22. The number of aliphatic hydroxyl groups is 1. The summed E-state index contributed by atoms with van der Waals surface area (Å²) in [7, 11) is -4.53. The van der Waals surface area contributed by atoms with Gasteiger partial charge in [-0.1, -0.05) is 29.8 Å². The maximum atomic E-state index is 14.3. The molecule has 2 heterocycles. The SMILES string of the molecule is CC(C)OC(=O)C(C)NP(=O)(OCC1(C(F)F)CC(O)C(n2cc(Cl)c(N)nc2=O)O1)Oc1ccccc1. The fourth-order valence-electron chi connectivity index (χ4n) is 3.53. The van der Waals surface area contributed by atoms with E-state index in [1.807, 2.05) is 0 Å². The van der Waals surface area contributed by atoms with Gasteiger partial charge in [0.05, 0.1) is 17.7 Å². The molecule has 4 N–H and O–H groups in total. The summed E-state index contributed by atoms with van der Waals surface area (Å²) >= 11 is 5.89. The number of alkyl halides is 2. The second kappa shape index (κ2) is 12.1. The predicted octanol–water partition coefficient (Wildman–Crippen LogP) is 2.90. The zero-order valence-corrected chi connectivity index (χ0v) is 22.3. The Bertz CT molecular complexity index is 1240. The quantitative estimate of drug-likeness (QED) is 0.264. The predicted molar refractivity (Wildman–Crippen MR) is 132 cm³/mol. The number of ether oxygens (including phenoxy) is 2. The van der Waals surface area contributed by atoms with Crippen LogP contribution in [-0.4, -0.2) is 57.5 Å². The number of nitrogen functional groups attached to an aromatic ring is 1. The molecule has 12 nitrogen and oxygen atoms in total. The van der Waals surface area contributed by atoms with Gasteiger partial charge in [0.2, 0.25) is 0 Å². The lowest BCUT2D eigenvalue weighted by Crippen LogP contribution is -2.44. The van der Waals surface area contributed by atoms with Gasteiger partial charge in [-0.3, -0.25) is 13.9 Å². The van der Waals surface area contributed by atoms with E-state index in [0.717, 1.165) is 10.8 Å². The number of aromatic nitrogens is 2. The van der Waals surface area contributed by atoms with Crippen LogP contribution < -0.4 is 21.0 Å². The average Bonchev–Trinajstić information content (AvgIpc) is 3.18. The van der Waals surface area contributed by atoms with Crippen LogP contribution in [0.15, 0.2) is 41.3 Å². The highest BCUT2D eigenvalue weighted by Gasteiger charge is 2.55. The van der Waals surface area contributed by atoms with Gasteiger partial charge in [-0.25, -0.2) is 18.1 Å². The molecule has 0 spiro atoms. The Balaban J connectivity index is 1.87. The lowest BCUT2D eigenvalue weighted by Gasteiger charge is -2.30. The maximum absolute atomic E-state index is 14.3. The highest BCUT2D eigenvalue weighted by molar-refractivity contribution is 7.52. The van der Waals surface area contributed by atoms with Gasteiger partial charge in [0.1, 0.15) is 23.7 Å². The van der Waals surface area contributed by atoms with Crippen LogP contribution in [0.5, 0.6) is 5.75 Å². The fraction of sp³-hybridized carbons (Fsp3) is 0.500. The molecule has 0 bridgehead atoms. The Morgan fingerprint density at radius 1 is 1.37 bits per heavy atom. The second-order valence-electron chi connectivity index (χ2n) is 8.82. The van der Waals surface area contributed by atoms with Crippen molar-refractivity contribution in [2.75, 3.05) is 12.3 Å².